The number of aryl methyl sites for hydroxylation is 1. The first-order valence-electron chi connectivity index (χ1n) is 15.8. The number of aromatic nitrogens is 3. The van der Waals surface area contributed by atoms with E-state index in [1.54, 1.807) is 18.2 Å². The van der Waals surface area contributed by atoms with Crippen molar-refractivity contribution in [1.29, 1.82) is 0 Å². The summed E-state index contributed by atoms with van der Waals surface area (Å²) in [5, 5.41) is 4.77. The maximum atomic E-state index is 13.4. The fraction of sp³-hybridized carbons (Fsp3) is 0.250. The van der Waals surface area contributed by atoms with Gasteiger partial charge in [-0.3, -0.25) is 9.78 Å². The van der Waals surface area contributed by atoms with Crippen LogP contribution in [0.5, 0.6) is 0 Å². The Labute approximate surface area is 271 Å². The number of pyridine rings is 2. The lowest BCUT2D eigenvalue weighted by Crippen LogP contribution is -2.29. The van der Waals surface area contributed by atoms with Crippen LogP contribution in [-0.2, 0) is 16.6 Å². The molecule has 1 saturated carbocycles. The van der Waals surface area contributed by atoms with Crippen molar-refractivity contribution in [2.45, 2.75) is 56.4 Å². The average Bonchev–Trinajstić information content (AvgIpc) is 3.57. The van der Waals surface area contributed by atoms with E-state index in [1.165, 1.54) is 54.0 Å². The molecule has 0 saturated heterocycles. The van der Waals surface area contributed by atoms with Gasteiger partial charge in [0, 0.05) is 30.2 Å². The largest absolute Gasteiger partial charge is 0.382 e. The summed E-state index contributed by atoms with van der Waals surface area (Å²) in [6.45, 7) is 3.48. The van der Waals surface area contributed by atoms with E-state index in [1.807, 2.05) is 24.4 Å². The van der Waals surface area contributed by atoms with Crippen molar-refractivity contribution in [2.75, 3.05) is 11.9 Å². The lowest BCUT2D eigenvalue weighted by Gasteiger charge is -2.23. The van der Waals surface area contributed by atoms with Gasteiger partial charge in [0.1, 0.15) is 0 Å². The zero-order chi connectivity index (χ0) is 31.4. The van der Waals surface area contributed by atoms with Crippen LogP contribution >= 0.6 is 11.3 Å². The maximum absolute atomic E-state index is 13.4. The van der Waals surface area contributed by atoms with Gasteiger partial charge in [0.2, 0.25) is 0 Å². The summed E-state index contributed by atoms with van der Waals surface area (Å²) in [5.74, 6) is -0.234. The predicted octanol–water partition coefficient (Wildman–Crippen LogP) is 7.88. The van der Waals surface area contributed by atoms with Gasteiger partial charge in [-0.15, -0.1) is 11.3 Å². The normalized spacial score (nSPS) is 15.2. The Balaban J connectivity index is 1.25. The Hall–Kier alpha value is -4.54. The van der Waals surface area contributed by atoms with Crippen LogP contribution in [0.2, 0.25) is 0 Å². The van der Waals surface area contributed by atoms with Crippen molar-refractivity contribution >= 4 is 54.1 Å². The molecule has 8 rings (SSSR count). The molecule has 2 aromatic carbocycles. The number of thiophene rings is 1. The van der Waals surface area contributed by atoms with Gasteiger partial charge in [-0.25, -0.2) is 18.1 Å². The number of anilines is 1. The summed E-state index contributed by atoms with van der Waals surface area (Å²) in [4.78, 5) is 23.4. The first kappa shape index (κ1) is 28.9. The third kappa shape index (κ3) is 4.96. The van der Waals surface area contributed by atoms with Crippen LogP contribution in [0.1, 0.15) is 58.8 Å². The molecule has 1 amide bonds. The van der Waals surface area contributed by atoms with Crippen molar-refractivity contribution in [3.05, 3.63) is 95.0 Å². The molecule has 10 heteroatoms. The van der Waals surface area contributed by atoms with E-state index < -0.39 is 15.9 Å². The molecule has 0 radical (unpaired) electrons. The van der Waals surface area contributed by atoms with E-state index >= 15 is 0 Å². The lowest BCUT2D eigenvalue weighted by molar-refractivity contribution is 0.0985. The van der Waals surface area contributed by atoms with Crippen molar-refractivity contribution in [1.82, 2.24) is 19.3 Å². The highest BCUT2D eigenvalue weighted by atomic mass is 32.2. The molecule has 4 aromatic heterocycles. The van der Waals surface area contributed by atoms with Gasteiger partial charge >= 0.3 is 0 Å². The van der Waals surface area contributed by atoms with E-state index in [-0.39, 0.29) is 4.90 Å². The Kier molecular flexibility index (Phi) is 7.14. The second-order valence-corrected chi connectivity index (χ2v) is 15.0. The van der Waals surface area contributed by atoms with Crippen molar-refractivity contribution in [3.63, 3.8) is 0 Å². The average molecular weight is 648 g/mol. The van der Waals surface area contributed by atoms with Crippen LogP contribution in [0.25, 0.3) is 43.8 Å². The number of fused-ring (bicyclic) bond motifs is 7. The number of nitrogens with one attached hydrogen (secondary N) is 2. The lowest BCUT2D eigenvalue weighted by atomic mass is 9.83. The van der Waals surface area contributed by atoms with E-state index in [4.69, 9.17) is 4.98 Å². The molecule has 0 spiro atoms. The van der Waals surface area contributed by atoms with Crippen LogP contribution in [0.15, 0.2) is 83.9 Å². The van der Waals surface area contributed by atoms with Crippen LogP contribution in [-0.4, -0.2) is 35.4 Å². The van der Waals surface area contributed by atoms with Crippen molar-refractivity contribution < 1.29 is 13.2 Å². The van der Waals surface area contributed by atoms with Gasteiger partial charge in [0.15, 0.2) is 0 Å². The molecule has 0 bridgehead atoms. The molecule has 232 valence electrons. The molecular formula is C36H33N5O3S2. The summed E-state index contributed by atoms with van der Waals surface area (Å²) in [5.41, 5.74) is 9.42. The van der Waals surface area contributed by atoms with E-state index in [0.717, 1.165) is 62.2 Å². The number of sulfonamides is 1. The number of hydrogen-bond donors (Lipinski definition) is 2. The standard InChI is InChI=1S/C36H33N5O3S2/c1-22-16-17-37-29(20-22)28-15-12-25-27(39-28)14-13-26-33(25)38-18-19-41-30-21-31(36(42)40-46(43,44)24-10-6-3-7-11-24)45-35(30)32(34(26)41)23-8-4-2-5-9-23/h3,6-7,10-17,20-21,23,38H,2,4-5,8-9,18-19H2,1H3,(H,40,42). The van der Waals surface area contributed by atoms with E-state index in [2.05, 4.69) is 50.8 Å². The SMILES string of the molecule is Cc1ccnc(-c2ccc3c4c(ccc3n2)-c2c(C3CCCCC3)c3sc(C(=O)NS(=O)(=O)c5ccccc5)cc3n2CCN4)c1. The second-order valence-electron chi connectivity index (χ2n) is 12.2. The van der Waals surface area contributed by atoms with Gasteiger partial charge in [-0.05, 0) is 91.4 Å². The number of hydrogen-bond acceptors (Lipinski definition) is 7. The number of rotatable bonds is 5. The minimum Gasteiger partial charge on any atom is -0.382 e. The van der Waals surface area contributed by atoms with Gasteiger partial charge in [0.05, 0.1) is 48.3 Å². The third-order valence-corrected chi connectivity index (χ3v) is 11.7. The molecule has 1 aliphatic carbocycles. The Morgan fingerprint density at radius 1 is 0.978 bits per heavy atom. The highest BCUT2D eigenvalue weighted by Gasteiger charge is 2.32. The first-order chi connectivity index (χ1) is 22.4. The molecule has 6 aromatic rings. The summed E-state index contributed by atoms with van der Waals surface area (Å²) < 4.78 is 31.7. The number of nitrogens with zero attached hydrogens (tertiary/aromatic N) is 3. The zero-order valence-electron chi connectivity index (χ0n) is 25.4. The molecule has 5 heterocycles. The van der Waals surface area contributed by atoms with Gasteiger partial charge in [-0.2, -0.15) is 0 Å². The smallest absolute Gasteiger partial charge is 0.275 e. The summed E-state index contributed by atoms with van der Waals surface area (Å²) in [6, 6.07) is 22.4. The molecule has 0 unspecified atom stereocenters. The molecule has 2 N–H and O–H groups in total. The van der Waals surface area contributed by atoms with Crippen LogP contribution in [0.3, 0.4) is 0 Å². The highest BCUT2D eigenvalue weighted by Crippen LogP contribution is 2.49. The van der Waals surface area contributed by atoms with Crippen LogP contribution < -0.4 is 10.0 Å². The molecule has 8 nitrogen and oxygen atoms in total. The van der Waals surface area contributed by atoms with Crippen molar-refractivity contribution in [2.24, 2.45) is 0 Å². The van der Waals surface area contributed by atoms with Gasteiger partial charge in [0.25, 0.3) is 15.9 Å². The van der Waals surface area contributed by atoms with Crippen LogP contribution in [0, 0.1) is 6.92 Å². The van der Waals surface area contributed by atoms with Gasteiger partial charge < -0.3 is 9.88 Å². The number of carbonyl (C=O) groups is 1. The number of amides is 1. The van der Waals surface area contributed by atoms with Crippen LogP contribution in [0.4, 0.5) is 5.69 Å². The molecule has 0 atom stereocenters. The molecule has 46 heavy (non-hydrogen) atoms. The fourth-order valence-corrected chi connectivity index (χ4v) is 9.32. The minimum absolute atomic E-state index is 0.0664. The Bertz CT molecular complexity index is 2250. The monoisotopic (exact) mass is 647 g/mol. The minimum atomic E-state index is -3.99. The fourth-order valence-electron chi connectivity index (χ4n) is 7.09. The van der Waals surface area contributed by atoms with E-state index in [0.29, 0.717) is 23.9 Å². The quantitative estimate of drug-likeness (QED) is 0.197. The second kappa shape index (κ2) is 11.4. The highest BCUT2D eigenvalue weighted by molar-refractivity contribution is 7.90. The summed E-state index contributed by atoms with van der Waals surface area (Å²) >= 11 is 1.40. The first-order valence-corrected chi connectivity index (χ1v) is 18.1. The zero-order valence-corrected chi connectivity index (χ0v) is 27.0. The van der Waals surface area contributed by atoms with E-state index in [9.17, 15) is 13.2 Å². The Morgan fingerprint density at radius 2 is 1.80 bits per heavy atom. The molecule has 1 aliphatic heterocycles. The Morgan fingerprint density at radius 3 is 2.61 bits per heavy atom. The molecule has 2 aliphatic rings. The molecular weight excluding hydrogens is 615 g/mol. The van der Waals surface area contributed by atoms with Gasteiger partial charge in [-0.1, -0.05) is 37.5 Å². The maximum Gasteiger partial charge on any atom is 0.275 e. The summed E-state index contributed by atoms with van der Waals surface area (Å²) in [6.07, 6.45) is 7.59. The third-order valence-electron chi connectivity index (χ3n) is 9.23. The number of carbonyl (C=O) groups excluding carboxylic acids is 1. The molecule has 1 fully saturated rings. The summed E-state index contributed by atoms with van der Waals surface area (Å²) in [7, 11) is -3.99. The van der Waals surface area contributed by atoms with Crippen molar-refractivity contribution in [3.8, 4) is 22.6 Å². The predicted molar refractivity (Wildman–Crippen MR) is 184 cm³/mol. The number of benzene rings is 2. The topological polar surface area (TPSA) is 106 Å².